The number of aliphatic carboxylic acids is 1. The Kier molecular flexibility index (Phi) is 18.9. The maximum atomic E-state index is 8.89. The highest BCUT2D eigenvalue weighted by Crippen LogP contribution is 2.05. The van der Waals surface area contributed by atoms with Crippen LogP contribution < -0.4 is 16.6 Å². The smallest absolute Gasteiger partial charge is 0.0383 e. The Morgan fingerprint density at radius 3 is 1.79 bits per heavy atom. The van der Waals surface area contributed by atoms with Crippen molar-refractivity contribution >= 4 is 5.97 Å². The highest BCUT2D eigenvalue weighted by Gasteiger charge is 2.01. The molecule has 0 aromatic rings. The number of unbranched alkanes of at least 4 members (excludes halogenated alkanes) is 5. The fourth-order valence-electron chi connectivity index (χ4n) is 1.82. The number of carboxylic acid groups (broad SMARTS) is 1. The van der Waals surface area contributed by atoms with Crippen molar-refractivity contribution < 1.29 is 9.90 Å². The zero-order valence-electron chi connectivity index (χ0n) is 12.7. The third kappa shape index (κ3) is 22.9. The summed E-state index contributed by atoms with van der Waals surface area (Å²) in [5.74, 6) is -1.08. The lowest BCUT2D eigenvalue weighted by Gasteiger charge is -2.20. The number of nitrogens with zero attached hydrogens (tertiary/aromatic N) is 1. The van der Waals surface area contributed by atoms with E-state index in [-0.39, 0.29) is 0 Å². The summed E-state index contributed by atoms with van der Waals surface area (Å²) in [6.45, 7) is 7.87. The van der Waals surface area contributed by atoms with Gasteiger partial charge in [0.2, 0.25) is 0 Å². The molecule has 0 saturated carbocycles. The standard InChI is InChI=1S/C12H29N3.C2H4O2/c1-2-3-4-5-6-7-10-15(11-8-13)12-9-14;1-2(3)4/h2-14H2,1H3;1H3,(H,3,4)/p-1. The van der Waals surface area contributed by atoms with Crippen LogP contribution in [0.1, 0.15) is 52.4 Å². The Balaban J connectivity index is 0. The second kappa shape index (κ2) is 17.4. The number of carbonyl (C=O) groups excluding carboxylic acids is 1. The van der Waals surface area contributed by atoms with E-state index in [0.29, 0.717) is 0 Å². The average molecular weight is 274 g/mol. The Bertz CT molecular complexity index is 180. The Labute approximate surface area is 118 Å². The van der Waals surface area contributed by atoms with E-state index >= 15 is 0 Å². The quantitative estimate of drug-likeness (QED) is 0.529. The topological polar surface area (TPSA) is 95.4 Å². The molecule has 0 unspecified atom stereocenters. The third-order valence-corrected chi connectivity index (χ3v) is 2.72. The van der Waals surface area contributed by atoms with Crippen molar-refractivity contribution in [3.05, 3.63) is 0 Å². The molecule has 0 radical (unpaired) electrons. The first-order valence-corrected chi connectivity index (χ1v) is 7.38. The molecule has 0 bridgehead atoms. The second-order valence-electron chi connectivity index (χ2n) is 4.68. The highest BCUT2D eigenvalue weighted by atomic mass is 16.4. The molecular formula is C14H32N3O2-. The van der Waals surface area contributed by atoms with Gasteiger partial charge in [-0.3, -0.25) is 0 Å². The minimum atomic E-state index is -1.08. The first-order valence-electron chi connectivity index (χ1n) is 7.38. The van der Waals surface area contributed by atoms with Gasteiger partial charge in [0.05, 0.1) is 0 Å². The van der Waals surface area contributed by atoms with Crippen molar-refractivity contribution in [3.63, 3.8) is 0 Å². The molecule has 0 aliphatic heterocycles. The second-order valence-corrected chi connectivity index (χ2v) is 4.68. The van der Waals surface area contributed by atoms with Gasteiger partial charge < -0.3 is 26.3 Å². The van der Waals surface area contributed by atoms with Gasteiger partial charge in [-0.15, -0.1) is 0 Å². The maximum Gasteiger partial charge on any atom is 0.0383 e. The van der Waals surface area contributed by atoms with Crippen molar-refractivity contribution in [1.82, 2.24) is 4.90 Å². The molecule has 0 rings (SSSR count). The predicted molar refractivity (Wildman–Crippen MR) is 78.6 cm³/mol. The van der Waals surface area contributed by atoms with Crippen molar-refractivity contribution in [3.8, 4) is 0 Å². The fourth-order valence-corrected chi connectivity index (χ4v) is 1.82. The molecule has 4 N–H and O–H groups in total. The van der Waals surface area contributed by atoms with Crippen LogP contribution in [-0.4, -0.2) is 43.6 Å². The van der Waals surface area contributed by atoms with Gasteiger partial charge in [-0.2, -0.15) is 0 Å². The molecule has 0 fully saturated rings. The van der Waals surface area contributed by atoms with E-state index in [2.05, 4.69) is 11.8 Å². The van der Waals surface area contributed by atoms with Gasteiger partial charge in [-0.25, -0.2) is 0 Å². The molecular weight excluding hydrogens is 242 g/mol. The zero-order valence-corrected chi connectivity index (χ0v) is 12.7. The molecule has 5 heteroatoms. The molecule has 0 amide bonds. The number of hydrogen-bond acceptors (Lipinski definition) is 5. The van der Waals surface area contributed by atoms with Crippen LogP contribution in [0.25, 0.3) is 0 Å². The Morgan fingerprint density at radius 2 is 1.37 bits per heavy atom. The highest BCUT2D eigenvalue weighted by molar-refractivity contribution is 5.60. The monoisotopic (exact) mass is 274 g/mol. The van der Waals surface area contributed by atoms with E-state index in [1.54, 1.807) is 0 Å². The van der Waals surface area contributed by atoms with Crippen molar-refractivity contribution in [2.24, 2.45) is 11.5 Å². The summed E-state index contributed by atoms with van der Waals surface area (Å²) in [5.41, 5.74) is 11.1. The molecule has 0 atom stereocenters. The summed E-state index contributed by atoms with van der Waals surface area (Å²) >= 11 is 0. The minimum absolute atomic E-state index is 0.746. The summed E-state index contributed by atoms with van der Waals surface area (Å²) in [6, 6.07) is 0. The van der Waals surface area contributed by atoms with Crippen molar-refractivity contribution in [2.75, 3.05) is 32.7 Å². The van der Waals surface area contributed by atoms with Gasteiger partial charge in [0.25, 0.3) is 0 Å². The molecule has 0 spiro atoms. The Morgan fingerprint density at radius 1 is 0.947 bits per heavy atom. The molecule has 116 valence electrons. The fraction of sp³-hybridized carbons (Fsp3) is 0.929. The average Bonchev–Trinajstić information content (AvgIpc) is 2.33. The summed E-state index contributed by atoms with van der Waals surface area (Å²) in [7, 11) is 0. The lowest BCUT2D eigenvalue weighted by atomic mass is 10.1. The molecule has 0 aromatic carbocycles. The van der Waals surface area contributed by atoms with Crippen LogP contribution in [-0.2, 0) is 4.79 Å². The van der Waals surface area contributed by atoms with E-state index in [1.807, 2.05) is 0 Å². The summed E-state index contributed by atoms with van der Waals surface area (Å²) < 4.78 is 0. The SMILES string of the molecule is CC(=O)[O-].CCCCCCCCN(CCN)CCN. The maximum absolute atomic E-state index is 8.89. The molecule has 0 saturated heterocycles. The first kappa shape index (κ1) is 20.7. The minimum Gasteiger partial charge on any atom is -0.550 e. The van der Waals surface area contributed by atoms with Crippen LogP contribution in [0.4, 0.5) is 0 Å². The number of carbonyl (C=O) groups is 1. The molecule has 19 heavy (non-hydrogen) atoms. The number of carboxylic acids is 1. The summed E-state index contributed by atoms with van der Waals surface area (Å²) in [4.78, 5) is 11.3. The molecule has 5 nitrogen and oxygen atoms in total. The number of hydrogen-bond donors (Lipinski definition) is 2. The molecule has 0 aliphatic carbocycles. The lowest BCUT2D eigenvalue weighted by Crippen LogP contribution is -2.34. The van der Waals surface area contributed by atoms with Gasteiger partial charge in [0.15, 0.2) is 0 Å². The number of rotatable bonds is 11. The lowest BCUT2D eigenvalue weighted by molar-refractivity contribution is -0.302. The van der Waals surface area contributed by atoms with Gasteiger partial charge in [-0.05, 0) is 19.9 Å². The van der Waals surface area contributed by atoms with E-state index in [0.717, 1.165) is 33.1 Å². The Hall–Kier alpha value is -0.650. The first-order chi connectivity index (χ1) is 9.08. The van der Waals surface area contributed by atoms with Crippen LogP contribution in [0.2, 0.25) is 0 Å². The summed E-state index contributed by atoms with van der Waals surface area (Å²) in [5, 5.41) is 8.89. The van der Waals surface area contributed by atoms with Gasteiger partial charge in [0, 0.05) is 32.1 Å². The molecule has 0 aromatic heterocycles. The zero-order chi connectivity index (χ0) is 14.9. The number of nitrogens with two attached hydrogens (primary N) is 2. The normalized spacial score (nSPS) is 10.2. The van der Waals surface area contributed by atoms with Crippen LogP contribution in [0, 0.1) is 0 Å². The van der Waals surface area contributed by atoms with Crippen LogP contribution in [0.5, 0.6) is 0 Å². The van der Waals surface area contributed by atoms with Gasteiger partial charge >= 0.3 is 0 Å². The van der Waals surface area contributed by atoms with E-state index in [1.165, 1.54) is 45.1 Å². The molecule has 0 aliphatic rings. The molecule has 0 heterocycles. The summed E-state index contributed by atoms with van der Waals surface area (Å²) in [6.07, 6.45) is 8.13. The van der Waals surface area contributed by atoms with Crippen molar-refractivity contribution in [2.45, 2.75) is 52.4 Å². The van der Waals surface area contributed by atoms with Crippen LogP contribution in [0.15, 0.2) is 0 Å². The van der Waals surface area contributed by atoms with Crippen LogP contribution >= 0.6 is 0 Å². The van der Waals surface area contributed by atoms with E-state index in [4.69, 9.17) is 21.4 Å². The van der Waals surface area contributed by atoms with Gasteiger partial charge in [-0.1, -0.05) is 39.0 Å². The van der Waals surface area contributed by atoms with Crippen molar-refractivity contribution in [1.29, 1.82) is 0 Å². The largest absolute Gasteiger partial charge is 0.550 e. The van der Waals surface area contributed by atoms with E-state index < -0.39 is 5.97 Å². The van der Waals surface area contributed by atoms with Gasteiger partial charge in [0.1, 0.15) is 0 Å². The van der Waals surface area contributed by atoms with Crippen LogP contribution in [0.3, 0.4) is 0 Å². The van der Waals surface area contributed by atoms with E-state index in [9.17, 15) is 0 Å². The predicted octanol–water partition coefficient (Wildman–Crippen LogP) is 0.323. The third-order valence-electron chi connectivity index (χ3n) is 2.72.